The van der Waals surface area contributed by atoms with Crippen molar-refractivity contribution in [3.8, 4) is 5.75 Å². The molecule has 0 spiro atoms. The fourth-order valence-corrected chi connectivity index (χ4v) is 3.12. The quantitative estimate of drug-likeness (QED) is 0.611. The highest BCUT2D eigenvalue weighted by atomic mass is 16.5. The molecule has 2 amide bonds. The van der Waals surface area contributed by atoms with Gasteiger partial charge in [-0.1, -0.05) is 12.1 Å². The summed E-state index contributed by atoms with van der Waals surface area (Å²) in [7, 11) is 1.59. The lowest BCUT2D eigenvalue weighted by molar-refractivity contribution is -0.120. The summed E-state index contributed by atoms with van der Waals surface area (Å²) in [5.41, 5.74) is 3.65. The first-order valence-electron chi connectivity index (χ1n) is 9.55. The fourth-order valence-electron chi connectivity index (χ4n) is 3.12. The molecule has 3 aromatic rings. The zero-order valence-electron chi connectivity index (χ0n) is 17.4. The van der Waals surface area contributed by atoms with Gasteiger partial charge in [0.15, 0.2) is 6.61 Å². The van der Waals surface area contributed by atoms with Gasteiger partial charge in [-0.15, -0.1) is 0 Å². The molecule has 0 saturated heterocycles. The number of fused-ring (bicyclic) bond motifs is 1. The van der Waals surface area contributed by atoms with Crippen molar-refractivity contribution in [2.75, 3.05) is 19.0 Å². The molecular formula is C23H24N2O5. The first-order chi connectivity index (χ1) is 14.3. The maximum Gasteiger partial charge on any atom is 0.339 e. The minimum Gasteiger partial charge on any atom is -0.483 e. The van der Waals surface area contributed by atoms with Gasteiger partial charge in [-0.25, -0.2) is 4.79 Å². The summed E-state index contributed by atoms with van der Waals surface area (Å²) < 4.78 is 11.2. The highest BCUT2D eigenvalue weighted by molar-refractivity contribution is 5.93. The SMILES string of the molecule is CNC(=O)Cc1ccc(NC(=O)COc2cc(C)cc3oc(=O)c(C)c(C)c23)cc1. The van der Waals surface area contributed by atoms with Crippen LogP contribution in [0.15, 0.2) is 45.6 Å². The van der Waals surface area contributed by atoms with Gasteiger partial charge >= 0.3 is 5.63 Å². The summed E-state index contributed by atoms with van der Waals surface area (Å²) in [5.74, 6) is 0.0906. The molecule has 2 N–H and O–H groups in total. The third-order valence-corrected chi connectivity index (χ3v) is 4.90. The monoisotopic (exact) mass is 408 g/mol. The largest absolute Gasteiger partial charge is 0.483 e. The van der Waals surface area contributed by atoms with Crippen molar-refractivity contribution in [1.82, 2.24) is 5.32 Å². The van der Waals surface area contributed by atoms with Gasteiger partial charge in [-0.05, 0) is 61.7 Å². The van der Waals surface area contributed by atoms with Gasteiger partial charge in [0.1, 0.15) is 11.3 Å². The Hall–Kier alpha value is -3.61. The molecule has 0 radical (unpaired) electrons. The van der Waals surface area contributed by atoms with Crippen LogP contribution in [0.25, 0.3) is 11.0 Å². The molecule has 0 aliphatic carbocycles. The summed E-state index contributed by atoms with van der Waals surface area (Å²) in [5, 5.41) is 6.02. The number of carbonyl (C=O) groups excluding carboxylic acids is 2. The van der Waals surface area contributed by atoms with E-state index in [1.165, 1.54) is 0 Å². The van der Waals surface area contributed by atoms with E-state index in [-0.39, 0.29) is 30.5 Å². The zero-order valence-corrected chi connectivity index (χ0v) is 17.4. The molecule has 2 aromatic carbocycles. The Bertz CT molecular complexity index is 1160. The Balaban J connectivity index is 1.72. The fraction of sp³-hybridized carbons (Fsp3) is 0.261. The Morgan fingerprint density at radius 3 is 2.37 bits per heavy atom. The number of nitrogens with one attached hydrogen (secondary N) is 2. The van der Waals surface area contributed by atoms with Crippen molar-refractivity contribution in [3.05, 3.63) is 69.1 Å². The molecule has 3 rings (SSSR count). The Morgan fingerprint density at radius 2 is 1.70 bits per heavy atom. The normalized spacial score (nSPS) is 10.7. The maximum absolute atomic E-state index is 12.3. The van der Waals surface area contributed by atoms with E-state index in [0.29, 0.717) is 28.0 Å². The number of carbonyl (C=O) groups is 2. The van der Waals surface area contributed by atoms with Crippen LogP contribution < -0.4 is 21.0 Å². The third-order valence-electron chi connectivity index (χ3n) is 4.90. The molecule has 0 aliphatic heterocycles. The second-order valence-electron chi connectivity index (χ2n) is 7.16. The molecule has 0 bridgehead atoms. The van der Waals surface area contributed by atoms with Crippen LogP contribution in [0.1, 0.15) is 22.3 Å². The van der Waals surface area contributed by atoms with Crippen LogP contribution in [0.3, 0.4) is 0 Å². The Labute approximate surface area is 174 Å². The Kier molecular flexibility index (Phi) is 6.20. The molecule has 1 aromatic heterocycles. The molecule has 1 heterocycles. The van der Waals surface area contributed by atoms with Crippen LogP contribution in [-0.2, 0) is 16.0 Å². The standard InChI is InChI=1S/C23H24N2O5/c1-13-9-18(22-14(2)15(3)23(28)30-19(22)10-13)29-12-21(27)25-17-7-5-16(6-8-17)11-20(26)24-4/h5-10H,11-12H2,1-4H3,(H,24,26)(H,25,27). The van der Waals surface area contributed by atoms with Gasteiger partial charge in [0.2, 0.25) is 5.91 Å². The molecule has 0 fully saturated rings. The van der Waals surface area contributed by atoms with Crippen LogP contribution >= 0.6 is 0 Å². The summed E-state index contributed by atoms with van der Waals surface area (Å²) in [6.07, 6.45) is 0.281. The molecule has 7 nitrogen and oxygen atoms in total. The molecule has 156 valence electrons. The van der Waals surface area contributed by atoms with Crippen molar-refractivity contribution in [2.45, 2.75) is 27.2 Å². The molecule has 0 atom stereocenters. The number of anilines is 1. The van der Waals surface area contributed by atoms with Crippen molar-refractivity contribution in [1.29, 1.82) is 0 Å². The van der Waals surface area contributed by atoms with Crippen LogP contribution in [0, 0.1) is 20.8 Å². The van der Waals surface area contributed by atoms with Crippen LogP contribution in [0.2, 0.25) is 0 Å². The van der Waals surface area contributed by atoms with Crippen LogP contribution in [-0.4, -0.2) is 25.5 Å². The van der Waals surface area contributed by atoms with E-state index in [1.807, 2.05) is 19.9 Å². The van der Waals surface area contributed by atoms with Gasteiger partial charge in [-0.3, -0.25) is 9.59 Å². The molecular weight excluding hydrogens is 384 g/mol. The second kappa shape index (κ2) is 8.82. The molecule has 7 heteroatoms. The Morgan fingerprint density at radius 1 is 1.00 bits per heavy atom. The highest BCUT2D eigenvalue weighted by Gasteiger charge is 2.14. The summed E-state index contributed by atoms with van der Waals surface area (Å²) >= 11 is 0. The number of likely N-dealkylation sites (N-methyl/N-ethyl adjacent to an activating group) is 1. The first-order valence-corrected chi connectivity index (χ1v) is 9.55. The zero-order chi connectivity index (χ0) is 21.8. The minimum atomic E-state index is -0.380. The number of aryl methyl sites for hydroxylation is 2. The number of benzene rings is 2. The van der Waals surface area contributed by atoms with Crippen LogP contribution in [0.4, 0.5) is 5.69 Å². The van der Waals surface area contributed by atoms with Gasteiger partial charge in [0.25, 0.3) is 5.91 Å². The molecule has 30 heavy (non-hydrogen) atoms. The van der Waals surface area contributed by atoms with E-state index in [9.17, 15) is 14.4 Å². The van der Waals surface area contributed by atoms with E-state index in [0.717, 1.165) is 16.7 Å². The van der Waals surface area contributed by atoms with Crippen molar-refractivity contribution >= 4 is 28.5 Å². The second-order valence-corrected chi connectivity index (χ2v) is 7.16. The van der Waals surface area contributed by atoms with Crippen molar-refractivity contribution < 1.29 is 18.7 Å². The van der Waals surface area contributed by atoms with E-state index in [2.05, 4.69) is 10.6 Å². The predicted octanol–water partition coefficient (Wildman–Crippen LogP) is 3.02. The number of amides is 2. The topological polar surface area (TPSA) is 97.6 Å². The average Bonchev–Trinajstić information content (AvgIpc) is 2.71. The lowest BCUT2D eigenvalue weighted by atomic mass is 10.0. The van der Waals surface area contributed by atoms with Crippen LogP contribution in [0.5, 0.6) is 5.75 Å². The van der Waals surface area contributed by atoms with Gasteiger partial charge < -0.3 is 19.8 Å². The van der Waals surface area contributed by atoms with E-state index in [4.69, 9.17) is 9.15 Å². The van der Waals surface area contributed by atoms with Gasteiger partial charge in [0.05, 0.1) is 11.8 Å². The molecule has 0 aliphatic rings. The number of hydrogen-bond donors (Lipinski definition) is 2. The summed E-state index contributed by atoms with van der Waals surface area (Å²) in [6, 6.07) is 10.6. The summed E-state index contributed by atoms with van der Waals surface area (Å²) in [4.78, 5) is 35.7. The lowest BCUT2D eigenvalue weighted by Gasteiger charge is -2.13. The minimum absolute atomic E-state index is 0.0769. The predicted molar refractivity (Wildman–Crippen MR) is 115 cm³/mol. The number of ether oxygens (including phenoxy) is 1. The first kappa shape index (κ1) is 21.1. The smallest absolute Gasteiger partial charge is 0.339 e. The van der Waals surface area contributed by atoms with E-state index >= 15 is 0 Å². The van der Waals surface area contributed by atoms with E-state index in [1.54, 1.807) is 44.3 Å². The highest BCUT2D eigenvalue weighted by Crippen LogP contribution is 2.30. The van der Waals surface area contributed by atoms with Gasteiger partial charge in [-0.2, -0.15) is 0 Å². The number of hydrogen-bond acceptors (Lipinski definition) is 5. The third kappa shape index (κ3) is 4.68. The lowest BCUT2D eigenvalue weighted by Crippen LogP contribution is -2.21. The van der Waals surface area contributed by atoms with Crippen molar-refractivity contribution in [2.24, 2.45) is 0 Å². The molecule has 0 saturated carbocycles. The maximum atomic E-state index is 12.3. The molecule has 0 unspecified atom stereocenters. The average molecular weight is 408 g/mol. The van der Waals surface area contributed by atoms with Crippen molar-refractivity contribution in [3.63, 3.8) is 0 Å². The van der Waals surface area contributed by atoms with E-state index < -0.39 is 0 Å². The number of rotatable bonds is 6. The van der Waals surface area contributed by atoms with Gasteiger partial charge in [0, 0.05) is 18.3 Å². The summed E-state index contributed by atoms with van der Waals surface area (Å²) in [6.45, 7) is 5.19.